The molecule has 0 amide bonds. The summed E-state index contributed by atoms with van der Waals surface area (Å²) in [4.78, 5) is 23.2. The molecule has 0 aliphatic heterocycles. The molecular formula is C18H15FN4O4S. The van der Waals surface area contributed by atoms with E-state index in [1.54, 1.807) is 12.1 Å². The lowest BCUT2D eigenvalue weighted by molar-refractivity contribution is 0.277. The summed E-state index contributed by atoms with van der Waals surface area (Å²) >= 11 is 0. The predicted molar refractivity (Wildman–Crippen MR) is 100 cm³/mol. The number of fused-ring (bicyclic) bond motifs is 3. The fourth-order valence-electron chi connectivity index (χ4n) is 3.13. The highest BCUT2D eigenvalue weighted by molar-refractivity contribution is 7.90. The second kappa shape index (κ2) is 6.50. The quantitative estimate of drug-likeness (QED) is 0.532. The highest BCUT2D eigenvalue weighted by atomic mass is 32.2. The van der Waals surface area contributed by atoms with Crippen LogP contribution in [0.4, 0.5) is 4.39 Å². The number of aliphatic hydroxyl groups is 1. The molecular weight excluding hydrogens is 387 g/mol. The number of imidazole rings is 1. The number of hydrogen-bond donors (Lipinski definition) is 2. The summed E-state index contributed by atoms with van der Waals surface area (Å²) in [6, 6.07) is 7.10. The molecule has 1 aromatic carbocycles. The number of sulfone groups is 1. The molecule has 0 saturated carbocycles. The molecule has 144 valence electrons. The monoisotopic (exact) mass is 402 g/mol. The molecule has 28 heavy (non-hydrogen) atoms. The smallest absolute Gasteiger partial charge is 0.326 e. The van der Waals surface area contributed by atoms with E-state index in [-0.39, 0.29) is 13.2 Å². The van der Waals surface area contributed by atoms with Crippen molar-refractivity contribution >= 4 is 31.9 Å². The zero-order valence-electron chi connectivity index (χ0n) is 14.7. The van der Waals surface area contributed by atoms with E-state index in [1.165, 1.54) is 22.9 Å². The fourth-order valence-corrected chi connectivity index (χ4v) is 3.86. The van der Waals surface area contributed by atoms with Crippen molar-refractivity contribution in [2.45, 2.75) is 18.0 Å². The second-order valence-electron chi connectivity index (χ2n) is 6.41. The molecule has 4 rings (SSSR count). The van der Waals surface area contributed by atoms with E-state index < -0.39 is 26.2 Å². The van der Waals surface area contributed by atoms with Crippen molar-refractivity contribution in [2.75, 3.05) is 6.26 Å². The number of nitrogens with one attached hydrogen (secondary N) is 1. The van der Waals surface area contributed by atoms with Gasteiger partial charge < -0.3 is 10.1 Å². The number of hydrogen-bond acceptors (Lipinski definition) is 6. The minimum Gasteiger partial charge on any atom is -0.390 e. The van der Waals surface area contributed by atoms with Crippen molar-refractivity contribution in [1.29, 1.82) is 0 Å². The van der Waals surface area contributed by atoms with Crippen molar-refractivity contribution in [3.8, 4) is 0 Å². The summed E-state index contributed by atoms with van der Waals surface area (Å²) in [5, 5.41) is 9.84. The van der Waals surface area contributed by atoms with E-state index in [1.807, 2.05) is 0 Å². The molecule has 0 fully saturated rings. The van der Waals surface area contributed by atoms with Gasteiger partial charge in [0.05, 0.1) is 36.1 Å². The molecule has 2 N–H and O–H groups in total. The molecule has 3 heterocycles. The predicted octanol–water partition coefficient (Wildman–Crippen LogP) is 1.36. The van der Waals surface area contributed by atoms with Crippen LogP contribution in [0.1, 0.15) is 11.3 Å². The zero-order valence-corrected chi connectivity index (χ0v) is 15.5. The average Bonchev–Trinajstić information content (AvgIpc) is 2.96. The van der Waals surface area contributed by atoms with Crippen LogP contribution in [0.25, 0.3) is 22.1 Å². The van der Waals surface area contributed by atoms with Crippen LogP contribution in [0.3, 0.4) is 0 Å². The van der Waals surface area contributed by atoms with Crippen molar-refractivity contribution in [1.82, 2.24) is 19.5 Å². The third-order valence-corrected chi connectivity index (χ3v) is 5.54. The van der Waals surface area contributed by atoms with E-state index in [0.29, 0.717) is 33.3 Å². The normalized spacial score (nSPS) is 12.1. The maximum atomic E-state index is 14.2. The number of nitrogens with zero attached hydrogens (tertiary/aromatic N) is 3. The molecule has 4 aromatic rings. The van der Waals surface area contributed by atoms with Crippen LogP contribution in [0, 0.1) is 5.82 Å². The van der Waals surface area contributed by atoms with Gasteiger partial charge in [0.15, 0.2) is 15.5 Å². The van der Waals surface area contributed by atoms with Gasteiger partial charge in [-0.25, -0.2) is 27.6 Å². The number of aromatic amines is 1. The maximum absolute atomic E-state index is 14.2. The summed E-state index contributed by atoms with van der Waals surface area (Å²) < 4.78 is 38.8. The van der Waals surface area contributed by atoms with E-state index in [9.17, 15) is 22.7 Å². The molecule has 0 aliphatic carbocycles. The van der Waals surface area contributed by atoms with Crippen LogP contribution in [0.5, 0.6) is 0 Å². The van der Waals surface area contributed by atoms with Gasteiger partial charge in [0.1, 0.15) is 10.7 Å². The number of rotatable bonds is 4. The molecule has 0 bridgehead atoms. The van der Waals surface area contributed by atoms with Gasteiger partial charge in [-0.2, -0.15) is 0 Å². The van der Waals surface area contributed by atoms with E-state index in [0.717, 1.165) is 12.3 Å². The largest absolute Gasteiger partial charge is 0.390 e. The lowest BCUT2D eigenvalue weighted by Crippen LogP contribution is -2.17. The summed E-state index contributed by atoms with van der Waals surface area (Å²) in [7, 11) is -3.68. The first-order valence-electron chi connectivity index (χ1n) is 8.24. The standard InChI is InChI=1S/C18H15FN4O4S/c1-28(26,27)15-5-2-10(6-13(15)19)8-23-16-12-4-3-11(9-24)21-17(12)20-7-14(16)22-18(23)25/h2-7,24H,8-9H2,1H3,(H,22,25). The Bertz CT molecular complexity index is 1390. The first-order valence-corrected chi connectivity index (χ1v) is 10.1. The van der Waals surface area contributed by atoms with E-state index >= 15 is 0 Å². The fraction of sp³-hybridized carbons (Fsp3) is 0.167. The van der Waals surface area contributed by atoms with Crippen molar-refractivity contribution in [3.05, 3.63) is 64.1 Å². The highest BCUT2D eigenvalue weighted by Crippen LogP contribution is 2.22. The average molecular weight is 402 g/mol. The van der Waals surface area contributed by atoms with Crippen LogP contribution in [-0.2, 0) is 23.0 Å². The van der Waals surface area contributed by atoms with Gasteiger partial charge in [-0.1, -0.05) is 6.07 Å². The Morgan fingerprint density at radius 3 is 2.71 bits per heavy atom. The zero-order chi connectivity index (χ0) is 20.1. The number of aromatic nitrogens is 4. The Morgan fingerprint density at radius 1 is 1.25 bits per heavy atom. The molecule has 0 spiro atoms. The molecule has 0 aliphatic rings. The summed E-state index contributed by atoms with van der Waals surface area (Å²) in [5.41, 5.74) is 1.86. The van der Waals surface area contributed by atoms with Gasteiger partial charge in [0.25, 0.3) is 0 Å². The van der Waals surface area contributed by atoms with Gasteiger partial charge in [-0.15, -0.1) is 0 Å². The third-order valence-electron chi connectivity index (χ3n) is 4.41. The first kappa shape index (κ1) is 18.3. The van der Waals surface area contributed by atoms with Gasteiger partial charge in [-0.3, -0.25) is 4.57 Å². The molecule has 10 heteroatoms. The number of pyridine rings is 2. The van der Waals surface area contributed by atoms with Crippen LogP contribution < -0.4 is 5.69 Å². The SMILES string of the molecule is CS(=O)(=O)c1ccc(Cn2c(=O)[nH]c3cnc4nc(CO)ccc4c32)cc1F. The molecule has 8 nitrogen and oxygen atoms in total. The van der Waals surface area contributed by atoms with Crippen molar-refractivity contribution < 1.29 is 17.9 Å². The minimum atomic E-state index is -3.68. The molecule has 0 atom stereocenters. The maximum Gasteiger partial charge on any atom is 0.326 e. The molecule has 0 radical (unpaired) electrons. The Kier molecular flexibility index (Phi) is 4.24. The summed E-state index contributed by atoms with van der Waals surface area (Å²) in [6.07, 6.45) is 2.40. The van der Waals surface area contributed by atoms with E-state index in [4.69, 9.17) is 0 Å². The minimum absolute atomic E-state index is 0.0284. The first-order chi connectivity index (χ1) is 13.3. The lowest BCUT2D eigenvalue weighted by atomic mass is 10.2. The van der Waals surface area contributed by atoms with Gasteiger partial charge in [0.2, 0.25) is 0 Å². The van der Waals surface area contributed by atoms with E-state index in [2.05, 4.69) is 15.0 Å². The number of benzene rings is 1. The number of H-pyrrole nitrogens is 1. The van der Waals surface area contributed by atoms with Crippen LogP contribution in [-0.4, -0.2) is 39.3 Å². The van der Waals surface area contributed by atoms with Gasteiger partial charge >= 0.3 is 5.69 Å². The Hall–Kier alpha value is -3.11. The van der Waals surface area contributed by atoms with Gasteiger partial charge in [0, 0.05) is 11.6 Å². The highest BCUT2D eigenvalue weighted by Gasteiger charge is 2.16. The van der Waals surface area contributed by atoms with Crippen LogP contribution in [0.2, 0.25) is 0 Å². The summed E-state index contributed by atoms with van der Waals surface area (Å²) in [6.45, 7) is -0.206. The van der Waals surface area contributed by atoms with Crippen LogP contribution >= 0.6 is 0 Å². The van der Waals surface area contributed by atoms with Crippen LogP contribution in [0.15, 0.2) is 46.2 Å². The molecule has 0 unspecified atom stereocenters. The van der Waals surface area contributed by atoms with Crippen molar-refractivity contribution in [3.63, 3.8) is 0 Å². The Labute approximate surface area is 158 Å². The summed E-state index contributed by atoms with van der Waals surface area (Å²) in [5.74, 6) is -0.867. The van der Waals surface area contributed by atoms with Gasteiger partial charge in [-0.05, 0) is 29.8 Å². The lowest BCUT2D eigenvalue weighted by Gasteiger charge is -2.08. The Balaban J connectivity index is 1.87. The topological polar surface area (TPSA) is 118 Å². The van der Waals surface area contributed by atoms with Crippen molar-refractivity contribution in [2.24, 2.45) is 0 Å². The number of aliphatic hydroxyl groups excluding tert-OH is 1. The Morgan fingerprint density at radius 2 is 2.04 bits per heavy atom. The molecule has 0 saturated heterocycles. The number of halogens is 1. The second-order valence-corrected chi connectivity index (χ2v) is 8.39. The third kappa shape index (κ3) is 3.06. The molecule has 3 aromatic heterocycles.